The summed E-state index contributed by atoms with van der Waals surface area (Å²) in [7, 11) is 1.62. The molecular formula is C15H21BrN2O2. The maximum atomic E-state index is 11.8. The van der Waals surface area contributed by atoms with Gasteiger partial charge in [0.2, 0.25) is 0 Å². The van der Waals surface area contributed by atoms with Crippen LogP contribution in [0.2, 0.25) is 0 Å². The van der Waals surface area contributed by atoms with Gasteiger partial charge in [0.15, 0.2) is 0 Å². The minimum absolute atomic E-state index is 0.0965. The van der Waals surface area contributed by atoms with Crippen molar-refractivity contribution in [3.63, 3.8) is 0 Å². The summed E-state index contributed by atoms with van der Waals surface area (Å²) in [6.07, 6.45) is 2.24. The molecular weight excluding hydrogens is 320 g/mol. The number of urea groups is 1. The number of halogens is 1. The Morgan fingerprint density at radius 1 is 1.40 bits per heavy atom. The molecule has 0 saturated heterocycles. The zero-order valence-corrected chi connectivity index (χ0v) is 13.5. The van der Waals surface area contributed by atoms with Crippen LogP contribution in [0.4, 0.5) is 4.79 Å². The third-order valence-corrected chi connectivity index (χ3v) is 4.50. The number of amides is 2. The highest BCUT2D eigenvalue weighted by molar-refractivity contribution is 9.10. The second kappa shape index (κ2) is 6.59. The van der Waals surface area contributed by atoms with Crippen molar-refractivity contribution in [2.24, 2.45) is 0 Å². The highest BCUT2D eigenvalue weighted by Crippen LogP contribution is 2.51. The molecule has 20 heavy (non-hydrogen) atoms. The molecule has 0 aliphatic heterocycles. The SMILES string of the molecule is COCCNC(=O)NC(C)C1(c2ccc(Br)cc2)CC1. The van der Waals surface area contributed by atoms with Crippen LogP contribution < -0.4 is 10.6 Å². The van der Waals surface area contributed by atoms with Gasteiger partial charge in [-0.25, -0.2) is 4.79 Å². The van der Waals surface area contributed by atoms with Gasteiger partial charge in [0.25, 0.3) is 0 Å². The maximum Gasteiger partial charge on any atom is 0.315 e. The van der Waals surface area contributed by atoms with E-state index in [0.29, 0.717) is 13.2 Å². The quantitative estimate of drug-likeness (QED) is 0.782. The maximum absolute atomic E-state index is 11.8. The van der Waals surface area contributed by atoms with E-state index >= 15 is 0 Å². The second-order valence-corrected chi connectivity index (χ2v) is 6.19. The molecule has 1 aromatic carbocycles. The van der Waals surface area contributed by atoms with E-state index in [-0.39, 0.29) is 17.5 Å². The van der Waals surface area contributed by atoms with Crippen molar-refractivity contribution in [3.8, 4) is 0 Å². The molecule has 1 aromatic rings. The molecule has 0 radical (unpaired) electrons. The molecule has 0 aromatic heterocycles. The number of rotatable bonds is 6. The number of hydrogen-bond donors (Lipinski definition) is 2. The summed E-state index contributed by atoms with van der Waals surface area (Å²) in [4.78, 5) is 11.8. The third-order valence-electron chi connectivity index (χ3n) is 3.98. The smallest absolute Gasteiger partial charge is 0.315 e. The monoisotopic (exact) mass is 340 g/mol. The lowest BCUT2D eigenvalue weighted by atomic mass is 9.89. The van der Waals surface area contributed by atoms with Crippen molar-refractivity contribution < 1.29 is 9.53 Å². The number of ether oxygens (including phenoxy) is 1. The topological polar surface area (TPSA) is 50.4 Å². The minimum atomic E-state index is -0.127. The predicted octanol–water partition coefficient (Wildman–Crippen LogP) is 2.81. The molecule has 0 heterocycles. The molecule has 1 saturated carbocycles. The molecule has 1 fully saturated rings. The lowest BCUT2D eigenvalue weighted by Gasteiger charge is -2.25. The van der Waals surface area contributed by atoms with Crippen molar-refractivity contribution in [1.29, 1.82) is 0 Å². The number of methoxy groups -OCH3 is 1. The summed E-state index contributed by atoms with van der Waals surface area (Å²) in [5, 5.41) is 5.83. The van der Waals surface area contributed by atoms with Gasteiger partial charge in [-0.3, -0.25) is 0 Å². The Morgan fingerprint density at radius 2 is 2.05 bits per heavy atom. The minimum Gasteiger partial charge on any atom is -0.383 e. The first-order chi connectivity index (χ1) is 9.58. The summed E-state index contributed by atoms with van der Waals surface area (Å²) in [6, 6.07) is 8.38. The molecule has 1 unspecified atom stereocenters. The van der Waals surface area contributed by atoms with E-state index in [0.717, 1.165) is 17.3 Å². The normalized spacial score (nSPS) is 17.4. The van der Waals surface area contributed by atoms with Crippen LogP contribution >= 0.6 is 15.9 Å². The first-order valence-electron chi connectivity index (χ1n) is 6.88. The van der Waals surface area contributed by atoms with Gasteiger partial charge in [-0.05, 0) is 37.5 Å². The number of carbonyl (C=O) groups is 1. The van der Waals surface area contributed by atoms with Gasteiger partial charge < -0.3 is 15.4 Å². The van der Waals surface area contributed by atoms with Crippen molar-refractivity contribution in [2.75, 3.05) is 20.3 Å². The van der Waals surface area contributed by atoms with Gasteiger partial charge in [-0.2, -0.15) is 0 Å². The average molecular weight is 341 g/mol. The molecule has 2 N–H and O–H groups in total. The van der Waals surface area contributed by atoms with Gasteiger partial charge in [0, 0.05) is 29.6 Å². The molecule has 1 aliphatic rings. The zero-order valence-electron chi connectivity index (χ0n) is 11.9. The van der Waals surface area contributed by atoms with Crippen molar-refractivity contribution >= 4 is 22.0 Å². The summed E-state index contributed by atoms with van der Waals surface area (Å²) < 4.78 is 5.99. The van der Waals surface area contributed by atoms with E-state index in [1.807, 2.05) is 0 Å². The lowest BCUT2D eigenvalue weighted by Crippen LogP contribution is -2.46. The fraction of sp³-hybridized carbons (Fsp3) is 0.533. The van der Waals surface area contributed by atoms with E-state index in [1.165, 1.54) is 5.56 Å². The third kappa shape index (κ3) is 3.52. The highest BCUT2D eigenvalue weighted by atomic mass is 79.9. The highest BCUT2D eigenvalue weighted by Gasteiger charge is 2.49. The summed E-state index contributed by atoms with van der Waals surface area (Å²) in [5.41, 5.74) is 1.39. The van der Waals surface area contributed by atoms with Crippen LogP contribution in [0.15, 0.2) is 28.7 Å². The van der Waals surface area contributed by atoms with E-state index in [1.54, 1.807) is 7.11 Å². The first kappa shape index (κ1) is 15.3. The van der Waals surface area contributed by atoms with Crippen LogP contribution in [0, 0.1) is 0 Å². The molecule has 2 rings (SSSR count). The summed E-state index contributed by atoms with van der Waals surface area (Å²) in [6.45, 7) is 3.13. The van der Waals surface area contributed by atoms with Crippen LogP contribution in [0.5, 0.6) is 0 Å². The zero-order chi connectivity index (χ0) is 14.6. The standard InChI is InChI=1S/C15H21BrN2O2/c1-11(18-14(19)17-9-10-20-2)15(7-8-15)12-3-5-13(16)6-4-12/h3-6,11H,7-10H2,1-2H3,(H2,17,18,19). The van der Waals surface area contributed by atoms with Gasteiger partial charge in [-0.15, -0.1) is 0 Å². The average Bonchev–Trinajstić information content (AvgIpc) is 3.21. The fourth-order valence-electron chi connectivity index (χ4n) is 2.54. The fourth-order valence-corrected chi connectivity index (χ4v) is 2.80. The largest absolute Gasteiger partial charge is 0.383 e. The Bertz CT molecular complexity index is 457. The van der Waals surface area contributed by atoms with Gasteiger partial charge >= 0.3 is 6.03 Å². The molecule has 5 heteroatoms. The summed E-state index contributed by atoms with van der Waals surface area (Å²) in [5.74, 6) is 0. The Morgan fingerprint density at radius 3 is 2.60 bits per heavy atom. The molecule has 2 amide bonds. The van der Waals surface area contributed by atoms with Crippen LogP contribution in [0.3, 0.4) is 0 Å². The number of nitrogens with one attached hydrogen (secondary N) is 2. The Balaban J connectivity index is 1.93. The Kier molecular flexibility index (Phi) is 5.05. The molecule has 1 atom stereocenters. The summed E-state index contributed by atoms with van der Waals surface area (Å²) >= 11 is 3.45. The van der Waals surface area contributed by atoms with Crippen LogP contribution in [-0.4, -0.2) is 32.3 Å². The second-order valence-electron chi connectivity index (χ2n) is 5.28. The van der Waals surface area contributed by atoms with Gasteiger partial charge in [0.05, 0.1) is 6.61 Å². The predicted molar refractivity (Wildman–Crippen MR) is 82.9 cm³/mol. The molecule has 0 spiro atoms. The number of benzene rings is 1. The van der Waals surface area contributed by atoms with Crippen molar-refractivity contribution in [1.82, 2.24) is 10.6 Å². The Labute approximate surface area is 128 Å². The van der Waals surface area contributed by atoms with E-state index in [9.17, 15) is 4.79 Å². The molecule has 0 bridgehead atoms. The van der Waals surface area contributed by atoms with Gasteiger partial charge in [-0.1, -0.05) is 28.1 Å². The van der Waals surface area contributed by atoms with Gasteiger partial charge in [0.1, 0.15) is 0 Å². The number of carbonyl (C=O) groups excluding carboxylic acids is 1. The van der Waals surface area contributed by atoms with Crippen molar-refractivity contribution in [2.45, 2.75) is 31.2 Å². The molecule has 1 aliphatic carbocycles. The van der Waals surface area contributed by atoms with Crippen LogP contribution in [0.1, 0.15) is 25.3 Å². The number of hydrogen-bond acceptors (Lipinski definition) is 2. The van der Waals surface area contributed by atoms with E-state index in [4.69, 9.17) is 4.74 Å². The van der Waals surface area contributed by atoms with E-state index in [2.05, 4.69) is 57.8 Å². The van der Waals surface area contributed by atoms with E-state index < -0.39 is 0 Å². The Hall–Kier alpha value is -1.07. The molecule has 4 nitrogen and oxygen atoms in total. The van der Waals surface area contributed by atoms with Crippen LogP contribution in [-0.2, 0) is 10.2 Å². The van der Waals surface area contributed by atoms with Crippen molar-refractivity contribution in [3.05, 3.63) is 34.3 Å². The van der Waals surface area contributed by atoms with Crippen LogP contribution in [0.25, 0.3) is 0 Å². The molecule has 110 valence electrons. The lowest BCUT2D eigenvalue weighted by molar-refractivity contribution is 0.194. The first-order valence-corrected chi connectivity index (χ1v) is 7.67.